The minimum atomic E-state index is 0.292. The quantitative estimate of drug-likeness (QED) is 0.895. The normalized spacial score (nSPS) is 17.4. The number of rotatable bonds is 2. The van der Waals surface area contributed by atoms with Gasteiger partial charge >= 0.3 is 6.01 Å². The first-order chi connectivity index (χ1) is 9.24. The van der Waals surface area contributed by atoms with E-state index in [0.29, 0.717) is 17.6 Å². The highest BCUT2D eigenvalue weighted by atomic mass is 16.5. The van der Waals surface area contributed by atoms with Crippen molar-refractivity contribution in [2.45, 2.75) is 19.3 Å². The van der Waals surface area contributed by atoms with Gasteiger partial charge in [0.15, 0.2) is 0 Å². The van der Waals surface area contributed by atoms with E-state index in [4.69, 9.17) is 15.2 Å². The van der Waals surface area contributed by atoms with Crippen molar-refractivity contribution in [2.75, 3.05) is 12.3 Å². The Morgan fingerprint density at radius 1 is 1.32 bits per heavy atom. The minimum Gasteiger partial charge on any atom is -0.493 e. The van der Waals surface area contributed by atoms with Gasteiger partial charge in [-0.2, -0.15) is 0 Å². The van der Waals surface area contributed by atoms with Crippen LogP contribution in [0.4, 0.5) is 5.69 Å². The average molecular weight is 257 g/mol. The second-order valence-electron chi connectivity index (χ2n) is 4.61. The minimum absolute atomic E-state index is 0.292. The third kappa shape index (κ3) is 2.31. The maximum absolute atomic E-state index is 5.74. The molecule has 0 saturated heterocycles. The Hall–Kier alpha value is -2.30. The predicted octanol–water partition coefficient (Wildman–Crippen LogP) is 2.74. The van der Waals surface area contributed by atoms with Gasteiger partial charge in [-0.05, 0) is 24.5 Å². The fourth-order valence-corrected chi connectivity index (χ4v) is 2.19. The Bertz CT molecular complexity index is 584. The summed E-state index contributed by atoms with van der Waals surface area (Å²) in [6.07, 6.45) is 4.03. The van der Waals surface area contributed by atoms with E-state index in [1.54, 1.807) is 0 Å². The van der Waals surface area contributed by atoms with Crippen molar-refractivity contribution in [2.24, 2.45) is 0 Å². The van der Waals surface area contributed by atoms with Crippen molar-refractivity contribution < 1.29 is 9.47 Å². The molecule has 2 aromatic rings. The van der Waals surface area contributed by atoms with Crippen LogP contribution < -0.4 is 15.2 Å². The van der Waals surface area contributed by atoms with Crippen LogP contribution in [-0.2, 0) is 0 Å². The molecule has 5 heteroatoms. The van der Waals surface area contributed by atoms with Crippen molar-refractivity contribution in [1.29, 1.82) is 0 Å². The number of aromatic nitrogens is 2. The van der Waals surface area contributed by atoms with Gasteiger partial charge in [-0.1, -0.05) is 13.0 Å². The highest BCUT2D eigenvalue weighted by molar-refractivity contribution is 5.49. The molecule has 1 atom stereocenters. The second kappa shape index (κ2) is 4.76. The van der Waals surface area contributed by atoms with Gasteiger partial charge in [-0.15, -0.1) is 0 Å². The number of nitrogens with zero attached hydrogens (tertiary/aromatic N) is 2. The highest BCUT2D eigenvalue weighted by Crippen LogP contribution is 2.40. The van der Waals surface area contributed by atoms with Gasteiger partial charge in [-0.25, -0.2) is 9.97 Å². The number of hydrogen-bond donors (Lipinski definition) is 1. The predicted molar refractivity (Wildman–Crippen MR) is 71.5 cm³/mol. The van der Waals surface area contributed by atoms with Gasteiger partial charge in [0.05, 0.1) is 24.7 Å². The van der Waals surface area contributed by atoms with Crippen molar-refractivity contribution in [1.82, 2.24) is 9.97 Å². The molecule has 1 aliphatic rings. The zero-order valence-corrected chi connectivity index (χ0v) is 10.7. The van der Waals surface area contributed by atoms with Crippen LogP contribution in [-0.4, -0.2) is 16.6 Å². The lowest BCUT2D eigenvalue weighted by atomic mass is 9.94. The molecule has 1 aromatic heterocycles. The van der Waals surface area contributed by atoms with Crippen molar-refractivity contribution in [3.05, 3.63) is 36.2 Å². The summed E-state index contributed by atoms with van der Waals surface area (Å²) in [6.45, 7) is 2.91. The Morgan fingerprint density at radius 2 is 2.11 bits per heavy atom. The third-order valence-electron chi connectivity index (χ3n) is 3.18. The summed E-state index contributed by atoms with van der Waals surface area (Å²) >= 11 is 0. The Kier molecular flexibility index (Phi) is 2.95. The van der Waals surface area contributed by atoms with E-state index in [2.05, 4.69) is 16.9 Å². The molecule has 3 rings (SSSR count). The van der Waals surface area contributed by atoms with E-state index in [9.17, 15) is 0 Å². The van der Waals surface area contributed by atoms with Crippen LogP contribution in [0.1, 0.15) is 24.8 Å². The van der Waals surface area contributed by atoms with E-state index in [1.807, 2.05) is 18.2 Å². The summed E-state index contributed by atoms with van der Waals surface area (Å²) in [5.41, 5.74) is 7.14. The second-order valence-corrected chi connectivity index (χ2v) is 4.61. The van der Waals surface area contributed by atoms with Crippen LogP contribution in [0.5, 0.6) is 17.5 Å². The molecule has 1 unspecified atom stereocenters. The molecule has 5 nitrogen and oxygen atoms in total. The molecule has 0 spiro atoms. The lowest BCUT2D eigenvalue weighted by molar-refractivity contribution is 0.267. The van der Waals surface area contributed by atoms with Crippen molar-refractivity contribution in [3.63, 3.8) is 0 Å². The molecule has 2 N–H and O–H groups in total. The third-order valence-corrected chi connectivity index (χ3v) is 3.18. The summed E-state index contributed by atoms with van der Waals surface area (Å²) < 4.78 is 11.4. The van der Waals surface area contributed by atoms with Gasteiger partial charge in [0, 0.05) is 5.56 Å². The van der Waals surface area contributed by atoms with Gasteiger partial charge in [0.2, 0.25) is 0 Å². The molecule has 1 aliphatic heterocycles. The number of hydrogen-bond acceptors (Lipinski definition) is 5. The standard InChI is InChI=1S/C14H15N3O2/c1-9-5-6-18-11-3-2-4-12(13(9)11)19-14-16-7-10(15)8-17-14/h2-4,7-9H,5-6,15H2,1H3. The van der Waals surface area contributed by atoms with Crippen molar-refractivity contribution in [3.8, 4) is 17.5 Å². The molecule has 0 bridgehead atoms. The maximum Gasteiger partial charge on any atom is 0.322 e. The molecule has 0 aliphatic carbocycles. The molecule has 19 heavy (non-hydrogen) atoms. The summed E-state index contributed by atoms with van der Waals surface area (Å²) in [6, 6.07) is 6.06. The summed E-state index contributed by atoms with van der Waals surface area (Å²) in [7, 11) is 0. The monoisotopic (exact) mass is 257 g/mol. The molecule has 0 radical (unpaired) electrons. The fraction of sp³-hybridized carbons (Fsp3) is 0.286. The van der Waals surface area contributed by atoms with Crippen LogP contribution in [0.2, 0.25) is 0 Å². The molecule has 98 valence electrons. The van der Waals surface area contributed by atoms with Gasteiger partial charge in [0.25, 0.3) is 0 Å². The molecular weight excluding hydrogens is 242 g/mol. The lowest BCUT2D eigenvalue weighted by Crippen LogP contribution is -2.13. The first-order valence-corrected chi connectivity index (χ1v) is 6.25. The van der Waals surface area contributed by atoms with Crippen LogP contribution in [0.15, 0.2) is 30.6 Å². The summed E-state index contributed by atoms with van der Waals surface area (Å²) in [5, 5.41) is 0. The highest BCUT2D eigenvalue weighted by Gasteiger charge is 2.22. The zero-order valence-electron chi connectivity index (χ0n) is 10.7. The van der Waals surface area contributed by atoms with E-state index in [-0.39, 0.29) is 0 Å². The lowest BCUT2D eigenvalue weighted by Gasteiger charge is -2.24. The van der Waals surface area contributed by atoms with Crippen LogP contribution in [0.25, 0.3) is 0 Å². The zero-order chi connectivity index (χ0) is 13.2. The molecule has 2 heterocycles. The van der Waals surface area contributed by atoms with E-state index in [1.165, 1.54) is 12.4 Å². The van der Waals surface area contributed by atoms with Gasteiger partial charge < -0.3 is 15.2 Å². The number of benzene rings is 1. The van der Waals surface area contributed by atoms with E-state index in [0.717, 1.165) is 30.1 Å². The number of anilines is 1. The van der Waals surface area contributed by atoms with Crippen LogP contribution >= 0.6 is 0 Å². The number of nitrogen functional groups attached to an aromatic ring is 1. The van der Waals surface area contributed by atoms with Gasteiger partial charge in [-0.3, -0.25) is 0 Å². The Balaban J connectivity index is 1.95. The first kappa shape index (κ1) is 11.8. The average Bonchev–Trinajstić information content (AvgIpc) is 2.42. The summed E-state index contributed by atoms with van der Waals surface area (Å²) in [4.78, 5) is 8.10. The molecule has 1 aromatic carbocycles. The van der Waals surface area contributed by atoms with E-state index < -0.39 is 0 Å². The van der Waals surface area contributed by atoms with Crippen molar-refractivity contribution >= 4 is 5.69 Å². The Labute approximate surface area is 111 Å². The van der Waals surface area contributed by atoms with Crippen LogP contribution in [0.3, 0.4) is 0 Å². The number of ether oxygens (including phenoxy) is 2. The molecule has 0 fully saturated rings. The summed E-state index contributed by atoms with van der Waals surface area (Å²) in [5.74, 6) is 2.02. The smallest absolute Gasteiger partial charge is 0.322 e. The largest absolute Gasteiger partial charge is 0.493 e. The number of fused-ring (bicyclic) bond motifs is 1. The number of nitrogens with two attached hydrogens (primary N) is 1. The van der Waals surface area contributed by atoms with Crippen LogP contribution in [0, 0.1) is 0 Å². The van der Waals surface area contributed by atoms with Gasteiger partial charge in [0.1, 0.15) is 11.5 Å². The molecule has 0 saturated carbocycles. The SMILES string of the molecule is CC1CCOc2cccc(Oc3ncc(N)cn3)c21. The van der Waals surface area contributed by atoms with E-state index >= 15 is 0 Å². The fourth-order valence-electron chi connectivity index (χ4n) is 2.19. The first-order valence-electron chi connectivity index (χ1n) is 6.25. The molecule has 0 amide bonds. The maximum atomic E-state index is 5.74. The molecular formula is C14H15N3O2. The topological polar surface area (TPSA) is 70.3 Å². The Morgan fingerprint density at radius 3 is 2.89 bits per heavy atom.